The first-order valence-corrected chi connectivity index (χ1v) is 5.86. The van der Waals surface area contributed by atoms with E-state index >= 15 is 0 Å². The highest BCUT2D eigenvalue weighted by atomic mass is 16.3. The summed E-state index contributed by atoms with van der Waals surface area (Å²) in [4.78, 5) is 2.16. The Morgan fingerprint density at radius 3 is 2.94 bits per heavy atom. The first-order valence-electron chi connectivity index (χ1n) is 5.86. The van der Waals surface area contributed by atoms with Gasteiger partial charge in [-0.15, -0.1) is 0 Å². The fourth-order valence-corrected chi connectivity index (χ4v) is 2.45. The fourth-order valence-electron chi connectivity index (χ4n) is 2.45. The molecule has 17 heavy (non-hydrogen) atoms. The molecule has 0 fully saturated rings. The van der Waals surface area contributed by atoms with Crippen LogP contribution in [-0.4, -0.2) is 13.6 Å². The van der Waals surface area contributed by atoms with E-state index in [4.69, 9.17) is 4.42 Å². The Bertz CT molecular complexity index is 533. The van der Waals surface area contributed by atoms with Crippen LogP contribution in [0, 0.1) is 6.92 Å². The molecule has 3 rings (SSSR count). The number of fused-ring (bicyclic) bond motifs is 1. The molecule has 0 bridgehead atoms. The van der Waals surface area contributed by atoms with E-state index in [2.05, 4.69) is 48.5 Å². The van der Waals surface area contributed by atoms with Crippen molar-refractivity contribution < 1.29 is 4.42 Å². The molecule has 0 aliphatic carbocycles. The lowest BCUT2D eigenvalue weighted by Crippen LogP contribution is -2.33. The van der Waals surface area contributed by atoms with Gasteiger partial charge in [0.1, 0.15) is 0 Å². The zero-order valence-corrected chi connectivity index (χ0v) is 10.1. The third-order valence-corrected chi connectivity index (χ3v) is 3.34. The van der Waals surface area contributed by atoms with Crippen LogP contribution in [0.5, 0.6) is 0 Å². The molecule has 1 aromatic heterocycles. The summed E-state index contributed by atoms with van der Waals surface area (Å²) in [5, 5.41) is 3.53. The second-order valence-electron chi connectivity index (χ2n) is 4.57. The van der Waals surface area contributed by atoms with Gasteiger partial charge in [-0.05, 0) is 18.1 Å². The average Bonchev–Trinajstić information content (AvgIpc) is 2.78. The van der Waals surface area contributed by atoms with Gasteiger partial charge in [0.2, 0.25) is 5.88 Å². The lowest BCUT2D eigenvalue weighted by Gasteiger charge is -2.32. The molecule has 0 saturated carbocycles. The topological polar surface area (TPSA) is 28.4 Å². The molecule has 3 nitrogen and oxygen atoms in total. The number of aryl methyl sites for hydroxylation is 1. The zero-order chi connectivity index (χ0) is 11.8. The van der Waals surface area contributed by atoms with Crippen LogP contribution in [0.3, 0.4) is 0 Å². The van der Waals surface area contributed by atoms with Crippen LogP contribution in [0.1, 0.15) is 17.2 Å². The van der Waals surface area contributed by atoms with Gasteiger partial charge in [0.25, 0.3) is 0 Å². The number of anilines is 2. The predicted molar refractivity (Wildman–Crippen MR) is 69.5 cm³/mol. The highest BCUT2D eigenvalue weighted by molar-refractivity contribution is 5.67. The van der Waals surface area contributed by atoms with Crippen molar-refractivity contribution in [2.75, 3.05) is 23.8 Å². The lowest BCUT2D eigenvalue weighted by atomic mass is 9.99. The number of nitrogens with one attached hydrogen (secondary N) is 1. The van der Waals surface area contributed by atoms with Gasteiger partial charge >= 0.3 is 0 Å². The molecular weight excluding hydrogens is 212 g/mol. The van der Waals surface area contributed by atoms with Crippen LogP contribution in [0.25, 0.3) is 0 Å². The molecule has 1 N–H and O–H groups in total. The second kappa shape index (κ2) is 3.84. The van der Waals surface area contributed by atoms with Crippen molar-refractivity contribution in [1.29, 1.82) is 0 Å². The zero-order valence-electron chi connectivity index (χ0n) is 10.1. The summed E-state index contributed by atoms with van der Waals surface area (Å²) in [6, 6.07) is 10.8. The summed E-state index contributed by atoms with van der Waals surface area (Å²) < 4.78 is 5.45. The Morgan fingerprint density at radius 1 is 1.29 bits per heavy atom. The Hall–Kier alpha value is -1.90. The van der Waals surface area contributed by atoms with Crippen LogP contribution in [0.4, 0.5) is 11.6 Å². The Balaban J connectivity index is 1.96. The first kappa shape index (κ1) is 10.3. The van der Waals surface area contributed by atoms with Gasteiger partial charge < -0.3 is 14.6 Å². The Morgan fingerprint density at radius 2 is 2.12 bits per heavy atom. The smallest absolute Gasteiger partial charge is 0.218 e. The van der Waals surface area contributed by atoms with E-state index in [-0.39, 0.29) is 0 Å². The van der Waals surface area contributed by atoms with Crippen molar-refractivity contribution in [3.8, 4) is 0 Å². The minimum absolute atomic E-state index is 0.325. The van der Waals surface area contributed by atoms with Crippen molar-refractivity contribution in [3.05, 3.63) is 47.7 Å². The maximum absolute atomic E-state index is 5.45. The summed E-state index contributed by atoms with van der Waals surface area (Å²) in [7, 11) is 2.06. The van der Waals surface area contributed by atoms with E-state index in [1.807, 2.05) is 6.07 Å². The average molecular weight is 228 g/mol. The predicted octanol–water partition coefficient (Wildman–Crippen LogP) is 3.19. The maximum Gasteiger partial charge on any atom is 0.218 e. The molecule has 1 aromatic carbocycles. The third kappa shape index (κ3) is 1.68. The Labute approximate surface area is 101 Å². The fraction of sp³-hybridized carbons (Fsp3) is 0.286. The first-order chi connectivity index (χ1) is 8.25. The van der Waals surface area contributed by atoms with E-state index < -0.39 is 0 Å². The quantitative estimate of drug-likeness (QED) is 0.812. The number of furan rings is 1. The lowest BCUT2D eigenvalue weighted by molar-refractivity contribution is 0.540. The van der Waals surface area contributed by atoms with Crippen LogP contribution < -0.4 is 10.2 Å². The minimum atomic E-state index is 0.325. The molecule has 88 valence electrons. The SMILES string of the molecule is Cc1ccccc1C1CN(C)c2occc2N1. The van der Waals surface area contributed by atoms with Crippen molar-refractivity contribution >= 4 is 11.6 Å². The number of nitrogens with zero attached hydrogens (tertiary/aromatic N) is 1. The highest BCUT2D eigenvalue weighted by Gasteiger charge is 2.25. The van der Waals surface area contributed by atoms with E-state index in [0.29, 0.717) is 6.04 Å². The molecule has 1 aliphatic heterocycles. The second-order valence-corrected chi connectivity index (χ2v) is 4.57. The van der Waals surface area contributed by atoms with Crippen molar-refractivity contribution in [3.63, 3.8) is 0 Å². The summed E-state index contributed by atoms with van der Waals surface area (Å²) >= 11 is 0. The van der Waals surface area contributed by atoms with E-state index in [9.17, 15) is 0 Å². The third-order valence-electron chi connectivity index (χ3n) is 3.34. The molecule has 0 spiro atoms. The normalized spacial score (nSPS) is 18.7. The highest BCUT2D eigenvalue weighted by Crippen LogP contribution is 2.36. The van der Waals surface area contributed by atoms with Gasteiger partial charge in [0, 0.05) is 19.7 Å². The van der Waals surface area contributed by atoms with Crippen molar-refractivity contribution in [2.45, 2.75) is 13.0 Å². The van der Waals surface area contributed by atoms with Crippen LogP contribution >= 0.6 is 0 Å². The summed E-state index contributed by atoms with van der Waals surface area (Å²) in [6.45, 7) is 3.08. The molecule has 0 radical (unpaired) electrons. The summed E-state index contributed by atoms with van der Waals surface area (Å²) in [6.07, 6.45) is 1.73. The van der Waals surface area contributed by atoms with E-state index in [0.717, 1.165) is 18.1 Å². The van der Waals surface area contributed by atoms with Gasteiger partial charge in [-0.1, -0.05) is 24.3 Å². The van der Waals surface area contributed by atoms with Gasteiger partial charge in [0.05, 0.1) is 18.0 Å². The number of hydrogen-bond acceptors (Lipinski definition) is 3. The molecule has 3 heteroatoms. The van der Waals surface area contributed by atoms with Gasteiger partial charge in [0.15, 0.2) is 0 Å². The van der Waals surface area contributed by atoms with Gasteiger partial charge in [-0.25, -0.2) is 0 Å². The monoisotopic (exact) mass is 228 g/mol. The van der Waals surface area contributed by atoms with Crippen molar-refractivity contribution in [2.24, 2.45) is 0 Å². The molecule has 0 saturated heterocycles. The molecule has 2 heterocycles. The van der Waals surface area contributed by atoms with Crippen LogP contribution in [-0.2, 0) is 0 Å². The molecule has 1 aliphatic rings. The molecule has 1 unspecified atom stereocenters. The van der Waals surface area contributed by atoms with Gasteiger partial charge in [-0.2, -0.15) is 0 Å². The standard InChI is InChI=1S/C14H16N2O/c1-10-5-3-4-6-11(10)13-9-16(2)14-12(15-13)7-8-17-14/h3-8,13,15H,9H2,1-2H3. The largest absolute Gasteiger partial charge is 0.447 e. The maximum atomic E-state index is 5.45. The number of rotatable bonds is 1. The van der Waals surface area contributed by atoms with E-state index in [1.54, 1.807) is 6.26 Å². The summed E-state index contributed by atoms with van der Waals surface area (Å²) in [5.74, 6) is 0.926. The minimum Gasteiger partial charge on any atom is -0.447 e. The van der Waals surface area contributed by atoms with Gasteiger partial charge in [-0.3, -0.25) is 0 Å². The molecule has 0 amide bonds. The number of hydrogen-bond donors (Lipinski definition) is 1. The summed E-state index contributed by atoms with van der Waals surface area (Å²) in [5.41, 5.74) is 3.75. The molecule has 2 aromatic rings. The molecule has 1 atom stereocenters. The van der Waals surface area contributed by atoms with E-state index in [1.165, 1.54) is 11.1 Å². The molecular formula is C14H16N2O. The number of benzene rings is 1. The van der Waals surface area contributed by atoms with Crippen molar-refractivity contribution in [1.82, 2.24) is 0 Å². The van der Waals surface area contributed by atoms with Crippen LogP contribution in [0.2, 0.25) is 0 Å². The number of likely N-dealkylation sites (N-methyl/N-ethyl adjacent to an activating group) is 1. The Kier molecular flexibility index (Phi) is 2.32. The van der Waals surface area contributed by atoms with Crippen LogP contribution in [0.15, 0.2) is 41.0 Å².